The summed E-state index contributed by atoms with van der Waals surface area (Å²) in [5.41, 5.74) is 7.49. The molecule has 0 aliphatic rings. The minimum Gasteiger partial charge on any atom is -0.264 e. The number of aromatic nitrogens is 1. The Balaban J connectivity index is 2.00. The van der Waals surface area contributed by atoms with E-state index in [0.717, 1.165) is 30.4 Å². The van der Waals surface area contributed by atoms with E-state index in [9.17, 15) is 0 Å². The Morgan fingerprint density at radius 3 is 2.41 bits per heavy atom. The maximum Gasteiger partial charge on any atom is 0.0342 e. The van der Waals surface area contributed by atoms with Gasteiger partial charge in [0.2, 0.25) is 0 Å². The first-order valence-corrected chi connectivity index (χ1v) is 7.97. The molecule has 0 N–H and O–H groups in total. The van der Waals surface area contributed by atoms with E-state index in [-0.39, 0.29) is 0 Å². The maximum absolute atomic E-state index is 4.26. The highest BCUT2D eigenvalue weighted by atomic mass is 14.6. The molecule has 2 rings (SSSR count). The van der Waals surface area contributed by atoms with Crippen molar-refractivity contribution in [3.8, 4) is 0 Å². The van der Waals surface area contributed by atoms with Crippen molar-refractivity contribution in [1.29, 1.82) is 0 Å². The molecule has 1 aromatic carbocycles. The highest BCUT2D eigenvalue weighted by molar-refractivity contribution is 5.69. The van der Waals surface area contributed by atoms with Crippen molar-refractivity contribution in [2.75, 3.05) is 0 Å². The van der Waals surface area contributed by atoms with Crippen LogP contribution in [0.2, 0.25) is 0 Å². The zero-order valence-electron chi connectivity index (χ0n) is 13.7. The highest BCUT2D eigenvalue weighted by Crippen LogP contribution is 2.26. The van der Waals surface area contributed by atoms with Crippen molar-refractivity contribution >= 4 is 11.1 Å². The molecule has 1 nitrogen and oxygen atoms in total. The number of aryl methyl sites for hydroxylation is 2. The Labute approximate surface area is 134 Å². The first-order chi connectivity index (χ1) is 10.6. The third-order valence-electron chi connectivity index (χ3n) is 4.08. The van der Waals surface area contributed by atoms with E-state index < -0.39 is 0 Å². The van der Waals surface area contributed by atoms with Gasteiger partial charge in [-0.25, -0.2) is 0 Å². The molecule has 0 amide bonds. The van der Waals surface area contributed by atoms with Crippen molar-refractivity contribution in [3.05, 3.63) is 78.1 Å². The van der Waals surface area contributed by atoms with Crippen molar-refractivity contribution in [2.24, 2.45) is 0 Å². The molecule has 0 saturated carbocycles. The zero-order chi connectivity index (χ0) is 15.9. The second-order valence-corrected chi connectivity index (χ2v) is 5.84. The lowest BCUT2D eigenvalue weighted by molar-refractivity contribution is 0.911. The van der Waals surface area contributed by atoms with E-state index in [0.29, 0.717) is 0 Å². The lowest BCUT2D eigenvalue weighted by Gasteiger charge is -2.11. The van der Waals surface area contributed by atoms with Crippen LogP contribution >= 0.6 is 0 Å². The second kappa shape index (κ2) is 7.74. The van der Waals surface area contributed by atoms with Crippen LogP contribution < -0.4 is 0 Å². The molecule has 0 aliphatic heterocycles. The lowest BCUT2D eigenvalue weighted by atomic mass is 9.94. The molecule has 0 spiro atoms. The van der Waals surface area contributed by atoms with Crippen molar-refractivity contribution in [2.45, 2.75) is 39.5 Å². The number of benzene rings is 1. The van der Waals surface area contributed by atoms with Gasteiger partial charge in [0.1, 0.15) is 0 Å². The standard InChI is InChI=1S/C21H25N/c1-5-7-19-14-20(12-11-17(19)3)16(2)9-10-18(4)21-8-6-13-22-15-21/h6,8,11-15H,2,4-5,7,9-10H2,1,3H3. The summed E-state index contributed by atoms with van der Waals surface area (Å²) < 4.78 is 0. The SMILES string of the molecule is C=C(CCC(=C)c1ccc(C)c(CCC)c1)c1cccnc1. The predicted molar refractivity (Wildman–Crippen MR) is 96.7 cm³/mol. The normalized spacial score (nSPS) is 10.5. The molecule has 0 bridgehead atoms. The predicted octanol–water partition coefficient (Wildman–Crippen LogP) is 5.85. The van der Waals surface area contributed by atoms with Crippen LogP contribution in [0.15, 0.2) is 55.9 Å². The smallest absolute Gasteiger partial charge is 0.0342 e. The first-order valence-electron chi connectivity index (χ1n) is 7.97. The Kier molecular flexibility index (Phi) is 5.71. The third kappa shape index (κ3) is 4.17. The molecular weight excluding hydrogens is 266 g/mol. The largest absolute Gasteiger partial charge is 0.264 e. The summed E-state index contributed by atoms with van der Waals surface area (Å²) in [7, 11) is 0. The molecule has 114 valence electrons. The van der Waals surface area contributed by atoms with Gasteiger partial charge in [-0.2, -0.15) is 0 Å². The van der Waals surface area contributed by atoms with E-state index >= 15 is 0 Å². The van der Waals surface area contributed by atoms with Crippen LogP contribution in [0.1, 0.15) is 48.4 Å². The van der Waals surface area contributed by atoms with Crippen LogP contribution in [0.25, 0.3) is 11.1 Å². The monoisotopic (exact) mass is 291 g/mol. The average molecular weight is 291 g/mol. The highest BCUT2D eigenvalue weighted by Gasteiger charge is 2.05. The van der Waals surface area contributed by atoms with E-state index in [2.05, 4.69) is 56.3 Å². The Morgan fingerprint density at radius 1 is 1.05 bits per heavy atom. The molecular formula is C21H25N. The number of allylic oxidation sites excluding steroid dienone is 2. The first kappa shape index (κ1) is 16.2. The van der Waals surface area contributed by atoms with Crippen LogP contribution in [0.3, 0.4) is 0 Å². The summed E-state index contributed by atoms with van der Waals surface area (Å²) in [5, 5.41) is 0. The fraction of sp³-hybridized carbons (Fsp3) is 0.286. The Morgan fingerprint density at radius 2 is 1.77 bits per heavy atom. The fourth-order valence-electron chi connectivity index (χ4n) is 2.59. The van der Waals surface area contributed by atoms with Crippen LogP contribution in [-0.4, -0.2) is 4.98 Å². The van der Waals surface area contributed by atoms with Crippen molar-refractivity contribution < 1.29 is 0 Å². The van der Waals surface area contributed by atoms with Crippen LogP contribution in [0, 0.1) is 6.92 Å². The van der Waals surface area contributed by atoms with Gasteiger partial charge in [0.25, 0.3) is 0 Å². The molecule has 0 fully saturated rings. The summed E-state index contributed by atoms with van der Waals surface area (Å²) in [6, 6.07) is 10.7. The molecule has 1 heterocycles. The van der Waals surface area contributed by atoms with Gasteiger partial charge in [-0.3, -0.25) is 4.98 Å². The quantitative estimate of drug-likeness (QED) is 0.623. The Hall–Kier alpha value is -2.15. The summed E-state index contributed by atoms with van der Waals surface area (Å²) >= 11 is 0. The zero-order valence-corrected chi connectivity index (χ0v) is 13.7. The maximum atomic E-state index is 4.26. The van der Waals surface area contributed by atoms with Gasteiger partial charge in [-0.05, 0) is 65.7 Å². The number of hydrogen-bond donors (Lipinski definition) is 0. The molecule has 22 heavy (non-hydrogen) atoms. The van der Waals surface area contributed by atoms with Gasteiger partial charge < -0.3 is 0 Å². The molecule has 0 radical (unpaired) electrons. The number of rotatable bonds is 7. The summed E-state index contributed by atoms with van der Waals surface area (Å²) in [5.74, 6) is 0. The van der Waals surface area contributed by atoms with Gasteiger partial charge in [0.15, 0.2) is 0 Å². The summed E-state index contributed by atoms with van der Waals surface area (Å²) in [6.45, 7) is 12.8. The molecule has 0 unspecified atom stereocenters. The number of hydrogen-bond acceptors (Lipinski definition) is 1. The minimum atomic E-state index is 0.918. The van der Waals surface area contributed by atoms with E-state index in [1.807, 2.05) is 12.3 Å². The van der Waals surface area contributed by atoms with E-state index in [1.165, 1.54) is 28.7 Å². The third-order valence-corrected chi connectivity index (χ3v) is 4.08. The average Bonchev–Trinajstić information content (AvgIpc) is 2.55. The second-order valence-electron chi connectivity index (χ2n) is 5.84. The molecule has 0 aliphatic carbocycles. The van der Waals surface area contributed by atoms with Gasteiger partial charge >= 0.3 is 0 Å². The van der Waals surface area contributed by atoms with Crippen molar-refractivity contribution in [1.82, 2.24) is 4.98 Å². The molecule has 0 saturated heterocycles. The van der Waals surface area contributed by atoms with Gasteiger partial charge in [-0.1, -0.05) is 50.8 Å². The van der Waals surface area contributed by atoms with E-state index in [4.69, 9.17) is 0 Å². The molecule has 2 aromatic rings. The minimum absolute atomic E-state index is 0.918. The molecule has 1 heteroatoms. The van der Waals surface area contributed by atoms with Crippen LogP contribution in [0.4, 0.5) is 0 Å². The lowest BCUT2D eigenvalue weighted by Crippen LogP contribution is -1.93. The van der Waals surface area contributed by atoms with Gasteiger partial charge in [-0.15, -0.1) is 0 Å². The molecule has 0 atom stereocenters. The number of nitrogens with zero attached hydrogens (tertiary/aromatic N) is 1. The van der Waals surface area contributed by atoms with Gasteiger partial charge in [0, 0.05) is 12.4 Å². The van der Waals surface area contributed by atoms with Crippen LogP contribution in [0.5, 0.6) is 0 Å². The summed E-state index contributed by atoms with van der Waals surface area (Å²) in [6.07, 6.45) is 7.82. The van der Waals surface area contributed by atoms with E-state index in [1.54, 1.807) is 6.20 Å². The topological polar surface area (TPSA) is 12.9 Å². The fourth-order valence-corrected chi connectivity index (χ4v) is 2.59. The van der Waals surface area contributed by atoms with Gasteiger partial charge in [0.05, 0.1) is 0 Å². The molecule has 1 aromatic heterocycles. The Bertz CT molecular complexity index is 653. The van der Waals surface area contributed by atoms with Crippen LogP contribution in [-0.2, 0) is 6.42 Å². The number of pyridine rings is 1. The van der Waals surface area contributed by atoms with Crippen molar-refractivity contribution in [3.63, 3.8) is 0 Å². The summed E-state index contributed by atoms with van der Waals surface area (Å²) in [4.78, 5) is 4.15.